The number of hydrogen-bond donors (Lipinski definition) is 1. The molecule has 0 bridgehead atoms. The number of nitrogens with zero attached hydrogens (tertiary/aromatic N) is 1. The summed E-state index contributed by atoms with van der Waals surface area (Å²) in [4.78, 5) is 10.9. The molecule has 64 valence electrons. The van der Waals surface area contributed by atoms with E-state index in [4.69, 9.17) is 5.26 Å². The van der Waals surface area contributed by atoms with Crippen LogP contribution in [0.3, 0.4) is 0 Å². The van der Waals surface area contributed by atoms with Crippen LogP contribution in [0, 0.1) is 29.1 Å². The van der Waals surface area contributed by atoms with Gasteiger partial charge in [-0.15, -0.1) is 0 Å². The number of hydrogen-bond acceptors (Lipinski definition) is 2. The van der Waals surface area contributed by atoms with E-state index in [9.17, 15) is 4.79 Å². The highest BCUT2D eigenvalue weighted by Gasteiger charge is 2.13. The molecule has 0 saturated heterocycles. The topological polar surface area (TPSA) is 52.9 Å². The van der Waals surface area contributed by atoms with Crippen molar-refractivity contribution in [3.63, 3.8) is 0 Å². The van der Waals surface area contributed by atoms with Gasteiger partial charge in [-0.3, -0.25) is 4.79 Å². The fourth-order valence-corrected chi connectivity index (χ4v) is 0.639. The Kier molecular flexibility index (Phi) is 4.57. The summed E-state index contributed by atoms with van der Waals surface area (Å²) in [6, 6.07) is 1.55. The molecule has 3 nitrogen and oxygen atoms in total. The van der Waals surface area contributed by atoms with Crippen LogP contribution >= 0.6 is 0 Å². The molecule has 0 rings (SSSR count). The van der Waals surface area contributed by atoms with Crippen molar-refractivity contribution in [3.05, 3.63) is 0 Å². The summed E-state index contributed by atoms with van der Waals surface area (Å²) in [5.74, 6) is 4.50. The molecule has 1 atom stereocenters. The predicted octanol–water partition coefficient (Wildman–Crippen LogP) is 0.674. The van der Waals surface area contributed by atoms with Gasteiger partial charge in [-0.1, -0.05) is 19.8 Å². The lowest BCUT2D eigenvalue weighted by Crippen LogP contribution is -2.36. The first kappa shape index (κ1) is 10.5. The van der Waals surface area contributed by atoms with E-state index >= 15 is 0 Å². The molecule has 0 aromatic rings. The summed E-state index contributed by atoms with van der Waals surface area (Å²) in [6.07, 6.45) is 0. The first-order valence-corrected chi connectivity index (χ1v) is 3.74. The minimum Gasteiger partial charge on any atom is -0.329 e. The van der Waals surface area contributed by atoms with E-state index in [0.717, 1.165) is 0 Å². The molecule has 1 amide bonds. The lowest BCUT2D eigenvalue weighted by atomic mass is 10.1. The van der Waals surface area contributed by atoms with Crippen LogP contribution in [0.2, 0.25) is 0 Å². The number of nitriles is 1. The van der Waals surface area contributed by atoms with Crippen LogP contribution < -0.4 is 5.32 Å². The maximum absolute atomic E-state index is 10.9. The SMILES string of the molecule is CC#CC(=O)NC(C#N)C(C)C. The van der Waals surface area contributed by atoms with Crippen molar-refractivity contribution in [2.75, 3.05) is 0 Å². The van der Waals surface area contributed by atoms with Crippen molar-refractivity contribution < 1.29 is 4.79 Å². The smallest absolute Gasteiger partial charge is 0.296 e. The third-order valence-electron chi connectivity index (χ3n) is 1.33. The number of nitrogens with one attached hydrogen (secondary N) is 1. The van der Waals surface area contributed by atoms with Crippen molar-refractivity contribution >= 4 is 5.91 Å². The molecular weight excluding hydrogens is 152 g/mol. The fraction of sp³-hybridized carbons (Fsp3) is 0.556. The molecule has 0 aliphatic heterocycles. The van der Waals surface area contributed by atoms with Crippen LogP contribution in [0.4, 0.5) is 0 Å². The Morgan fingerprint density at radius 2 is 2.08 bits per heavy atom. The van der Waals surface area contributed by atoms with Crippen LogP contribution in [0.15, 0.2) is 0 Å². The van der Waals surface area contributed by atoms with Gasteiger partial charge in [-0.25, -0.2) is 0 Å². The lowest BCUT2D eigenvalue weighted by molar-refractivity contribution is -0.116. The van der Waals surface area contributed by atoms with Crippen LogP contribution in [-0.4, -0.2) is 11.9 Å². The molecule has 0 aliphatic carbocycles. The second-order valence-corrected chi connectivity index (χ2v) is 2.70. The Labute approximate surface area is 72.8 Å². The highest BCUT2D eigenvalue weighted by molar-refractivity contribution is 5.93. The maximum Gasteiger partial charge on any atom is 0.296 e. The highest BCUT2D eigenvalue weighted by atomic mass is 16.1. The van der Waals surface area contributed by atoms with Crippen molar-refractivity contribution in [1.29, 1.82) is 5.26 Å². The quantitative estimate of drug-likeness (QED) is 0.610. The van der Waals surface area contributed by atoms with Crippen molar-refractivity contribution in [2.45, 2.75) is 26.8 Å². The van der Waals surface area contributed by atoms with E-state index in [1.807, 2.05) is 19.9 Å². The molecule has 0 aromatic carbocycles. The Morgan fingerprint density at radius 1 is 1.50 bits per heavy atom. The molecule has 0 fully saturated rings. The van der Waals surface area contributed by atoms with Gasteiger partial charge in [0.05, 0.1) is 6.07 Å². The Hall–Kier alpha value is -1.48. The number of carbonyl (C=O) groups excluding carboxylic acids is 1. The minimum atomic E-state index is -0.446. The average Bonchev–Trinajstić information content (AvgIpc) is 2.00. The van der Waals surface area contributed by atoms with E-state index in [-0.39, 0.29) is 5.92 Å². The lowest BCUT2D eigenvalue weighted by Gasteiger charge is -2.11. The van der Waals surface area contributed by atoms with E-state index < -0.39 is 11.9 Å². The zero-order chi connectivity index (χ0) is 9.56. The summed E-state index contributed by atoms with van der Waals surface area (Å²) in [6.45, 7) is 5.32. The van der Waals surface area contributed by atoms with E-state index in [0.29, 0.717) is 0 Å². The summed E-state index contributed by atoms with van der Waals surface area (Å²) in [5, 5.41) is 11.1. The Bertz CT molecular complexity index is 252. The molecule has 0 spiro atoms. The van der Waals surface area contributed by atoms with Crippen molar-refractivity contribution in [3.8, 4) is 17.9 Å². The third-order valence-corrected chi connectivity index (χ3v) is 1.33. The summed E-state index contributed by atoms with van der Waals surface area (Å²) >= 11 is 0. The van der Waals surface area contributed by atoms with Crippen LogP contribution in [0.25, 0.3) is 0 Å². The normalized spacial score (nSPS) is 10.9. The third kappa shape index (κ3) is 3.63. The summed E-state index contributed by atoms with van der Waals surface area (Å²) in [7, 11) is 0. The van der Waals surface area contributed by atoms with Gasteiger partial charge in [0.2, 0.25) is 0 Å². The average molecular weight is 164 g/mol. The van der Waals surface area contributed by atoms with E-state index in [1.54, 1.807) is 6.92 Å². The van der Waals surface area contributed by atoms with Gasteiger partial charge in [-0.05, 0) is 18.8 Å². The highest BCUT2D eigenvalue weighted by Crippen LogP contribution is 1.98. The molecule has 0 aliphatic rings. The second-order valence-electron chi connectivity index (χ2n) is 2.70. The van der Waals surface area contributed by atoms with Crippen molar-refractivity contribution in [2.24, 2.45) is 5.92 Å². The Balaban J connectivity index is 4.12. The molecule has 1 N–H and O–H groups in total. The number of rotatable bonds is 2. The van der Waals surface area contributed by atoms with Gasteiger partial charge in [0.15, 0.2) is 0 Å². The van der Waals surface area contributed by atoms with Crippen molar-refractivity contribution in [1.82, 2.24) is 5.32 Å². The molecule has 0 radical (unpaired) electrons. The Morgan fingerprint density at radius 3 is 2.42 bits per heavy atom. The molecule has 1 unspecified atom stereocenters. The van der Waals surface area contributed by atoms with Gasteiger partial charge in [0, 0.05) is 0 Å². The monoisotopic (exact) mass is 164 g/mol. The molecule has 0 saturated carbocycles. The van der Waals surface area contributed by atoms with E-state index in [2.05, 4.69) is 17.2 Å². The van der Waals surface area contributed by atoms with Crippen LogP contribution in [-0.2, 0) is 4.79 Å². The van der Waals surface area contributed by atoms with Gasteiger partial charge in [-0.2, -0.15) is 5.26 Å². The summed E-state index contributed by atoms with van der Waals surface area (Å²) < 4.78 is 0. The van der Waals surface area contributed by atoms with Crippen LogP contribution in [0.5, 0.6) is 0 Å². The number of carbonyl (C=O) groups is 1. The van der Waals surface area contributed by atoms with Crippen LogP contribution in [0.1, 0.15) is 20.8 Å². The number of amides is 1. The minimum absolute atomic E-state index is 0.109. The first-order valence-electron chi connectivity index (χ1n) is 3.74. The standard InChI is InChI=1S/C9H12N2O/c1-4-5-9(12)11-8(6-10)7(2)3/h7-8H,1-3H3,(H,11,12). The molecular formula is C9H12N2O. The maximum atomic E-state index is 10.9. The largest absolute Gasteiger partial charge is 0.329 e. The van der Waals surface area contributed by atoms with Gasteiger partial charge >= 0.3 is 0 Å². The second kappa shape index (κ2) is 5.21. The zero-order valence-electron chi connectivity index (χ0n) is 7.51. The predicted molar refractivity (Wildman–Crippen MR) is 45.8 cm³/mol. The first-order chi connectivity index (χ1) is 5.61. The molecule has 12 heavy (non-hydrogen) atoms. The molecule has 3 heteroatoms. The van der Waals surface area contributed by atoms with Gasteiger partial charge in [0.25, 0.3) is 5.91 Å². The van der Waals surface area contributed by atoms with E-state index in [1.165, 1.54) is 0 Å². The summed E-state index contributed by atoms with van der Waals surface area (Å²) in [5.41, 5.74) is 0. The zero-order valence-corrected chi connectivity index (χ0v) is 7.51. The van der Waals surface area contributed by atoms with Gasteiger partial charge < -0.3 is 5.32 Å². The fourth-order valence-electron chi connectivity index (χ4n) is 0.639. The van der Waals surface area contributed by atoms with Gasteiger partial charge in [0.1, 0.15) is 6.04 Å². The molecule has 0 aromatic heterocycles. The molecule has 0 heterocycles.